The second-order valence-electron chi connectivity index (χ2n) is 6.89. The van der Waals surface area contributed by atoms with Gasteiger partial charge in [-0.2, -0.15) is 0 Å². The molecule has 4 heteroatoms. The molecule has 0 amide bonds. The van der Waals surface area contributed by atoms with Gasteiger partial charge in [0.05, 0.1) is 7.11 Å². The molecule has 1 atom stereocenters. The molecule has 0 bridgehead atoms. The predicted octanol–water partition coefficient (Wildman–Crippen LogP) is 2.83. The van der Waals surface area contributed by atoms with Crippen LogP contribution in [0.4, 0.5) is 0 Å². The van der Waals surface area contributed by atoms with Crippen LogP contribution >= 0.6 is 0 Å². The molecule has 3 rings (SSSR count). The highest BCUT2D eigenvalue weighted by Gasteiger charge is 2.23. The number of hydrogen-bond donors (Lipinski definition) is 1. The zero-order valence-corrected chi connectivity index (χ0v) is 15.4. The van der Waals surface area contributed by atoms with Gasteiger partial charge >= 0.3 is 0 Å². The number of nitrogens with one attached hydrogen (secondary N) is 1. The summed E-state index contributed by atoms with van der Waals surface area (Å²) < 4.78 is 5.35. The number of hydrogen-bond acceptors (Lipinski definition) is 4. The van der Waals surface area contributed by atoms with E-state index in [-0.39, 0.29) is 0 Å². The zero-order chi connectivity index (χ0) is 17.4. The summed E-state index contributed by atoms with van der Waals surface area (Å²) in [5.41, 5.74) is 2.98. The van der Waals surface area contributed by atoms with Crippen molar-refractivity contribution in [3.8, 4) is 5.75 Å². The summed E-state index contributed by atoms with van der Waals surface area (Å²) in [6, 6.07) is 7.90. The molecule has 1 heterocycles. The van der Waals surface area contributed by atoms with Gasteiger partial charge in [0.1, 0.15) is 12.0 Å². The van der Waals surface area contributed by atoms with Gasteiger partial charge in [-0.15, -0.1) is 0 Å². The monoisotopic (exact) mass is 332 g/mol. The molecule has 1 aromatic rings. The van der Waals surface area contributed by atoms with E-state index in [4.69, 9.17) is 4.74 Å². The Kier molecular flexibility index (Phi) is 7.73. The second kappa shape index (κ2) is 9.80. The molecule has 1 aromatic carbocycles. The molecule has 0 spiro atoms. The molecule has 0 radical (unpaired) electrons. The highest BCUT2D eigenvalue weighted by Crippen LogP contribution is 2.26. The Hall–Kier alpha value is -1.39. The van der Waals surface area contributed by atoms with Crippen LogP contribution in [0.2, 0.25) is 0 Å². The average Bonchev–Trinajstić information content (AvgIpc) is 2.63. The molecule has 24 heavy (non-hydrogen) atoms. The van der Waals surface area contributed by atoms with Crippen LogP contribution < -0.4 is 10.1 Å². The molecule has 2 aliphatic rings. The Morgan fingerprint density at radius 3 is 2.54 bits per heavy atom. The van der Waals surface area contributed by atoms with Crippen LogP contribution in [0.15, 0.2) is 18.2 Å². The summed E-state index contributed by atoms with van der Waals surface area (Å²) in [7, 11) is 3.97. The van der Waals surface area contributed by atoms with E-state index in [1.165, 1.54) is 49.9 Å². The Balaban J connectivity index is 0.000000471. The van der Waals surface area contributed by atoms with Crippen molar-refractivity contribution in [2.24, 2.45) is 0 Å². The van der Waals surface area contributed by atoms with Crippen LogP contribution in [0.1, 0.15) is 43.7 Å². The van der Waals surface area contributed by atoms with E-state index in [9.17, 15) is 4.79 Å². The average molecular weight is 332 g/mol. The third kappa shape index (κ3) is 5.60. The molecule has 4 nitrogen and oxygen atoms in total. The Morgan fingerprint density at radius 2 is 1.92 bits per heavy atom. The molecule has 1 aliphatic heterocycles. The van der Waals surface area contributed by atoms with E-state index in [0.717, 1.165) is 18.5 Å². The third-order valence-electron chi connectivity index (χ3n) is 5.00. The zero-order valence-electron chi connectivity index (χ0n) is 15.4. The van der Waals surface area contributed by atoms with Gasteiger partial charge in [0.25, 0.3) is 0 Å². The van der Waals surface area contributed by atoms with E-state index in [1.807, 2.05) is 6.92 Å². The topological polar surface area (TPSA) is 41.6 Å². The third-order valence-corrected chi connectivity index (χ3v) is 5.00. The van der Waals surface area contributed by atoms with Crippen LogP contribution in [0.25, 0.3) is 0 Å². The molecule has 0 unspecified atom stereocenters. The Bertz CT molecular complexity index is 510. The smallest absolute Gasteiger partial charge is 0.119 e. The second-order valence-corrected chi connectivity index (χ2v) is 6.89. The van der Waals surface area contributed by atoms with Crippen LogP contribution in [-0.4, -0.2) is 50.5 Å². The quantitative estimate of drug-likeness (QED) is 0.861. The maximum absolute atomic E-state index is 9.17. The maximum atomic E-state index is 9.17. The van der Waals surface area contributed by atoms with Gasteiger partial charge in [0.15, 0.2) is 0 Å². The lowest BCUT2D eigenvalue weighted by atomic mass is 9.87. The number of aryl methyl sites for hydroxylation is 1. The molecule has 134 valence electrons. The first-order valence-corrected chi connectivity index (χ1v) is 9.20. The number of benzene rings is 1. The molecule has 1 N–H and O–H groups in total. The SMILES string of the molecule is CCC=O.COc1ccc2c(c1)C[C@H](NC1CCN(C)CC1)CC2. The summed E-state index contributed by atoms with van der Waals surface area (Å²) in [6.45, 7) is 4.27. The first-order chi connectivity index (χ1) is 11.7. The maximum Gasteiger partial charge on any atom is 0.119 e. The number of methoxy groups -OCH3 is 1. The number of piperidine rings is 1. The van der Waals surface area contributed by atoms with Gasteiger partial charge in [0.2, 0.25) is 0 Å². The van der Waals surface area contributed by atoms with E-state index < -0.39 is 0 Å². The number of aldehydes is 1. The minimum absolute atomic E-state index is 0.639. The van der Waals surface area contributed by atoms with Crippen LogP contribution in [0.5, 0.6) is 5.75 Å². The van der Waals surface area contributed by atoms with Crippen molar-refractivity contribution >= 4 is 6.29 Å². The number of likely N-dealkylation sites (tertiary alicyclic amines) is 1. The fourth-order valence-electron chi connectivity index (χ4n) is 3.51. The largest absolute Gasteiger partial charge is 0.497 e. The number of rotatable bonds is 4. The van der Waals surface area contributed by atoms with E-state index in [2.05, 4.69) is 35.5 Å². The van der Waals surface area contributed by atoms with Gasteiger partial charge in [0, 0.05) is 18.5 Å². The first-order valence-electron chi connectivity index (χ1n) is 9.20. The fourth-order valence-corrected chi connectivity index (χ4v) is 3.51. The molecule has 1 saturated heterocycles. The van der Waals surface area contributed by atoms with Crippen molar-refractivity contribution in [1.82, 2.24) is 10.2 Å². The van der Waals surface area contributed by atoms with Crippen molar-refractivity contribution in [2.45, 2.75) is 57.5 Å². The number of nitrogens with zero attached hydrogens (tertiary/aromatic N) is 1. The van der Waals surface area contributed by atoms with Gasteiger partial charge < -0.3 is 19.7 Å². The van der Waals surface area contributed by atoms with Crippen molar-refractivity contribution in [3.63, 3.8) is 0 Å². The lowest BCUT2D eigenvalue weighted by molar-refractivity contribution is -0.107. The lowest BCUT2D eigenvalue weighted by Gasteiger charge is -2.34. The van der Waals surface area contributed by atoms with Crippen molar-refractivity contribution in [1.29, 1.82) is 0 Å². The van der Waals surface area contributed by atoms with Crippen LogP contribution in [-0.2, 0) is 17.6 Å². The van der Waals surface area contributed by atoms with Crippen molar-refractivity contribution in [2.75, 3.05) is 27.2 Å². The molecular formula is C20H32N2O2. The highest BCUT2D eigenvalue weighted by atomic mass is 16.5. The van der Waals surface area contributed by atoms with Gasteiger partial charge in [-0.1, -0.05) is 13.0 Å². The summed E-state index contributed by atoms with van der Waals surface area (Å²) in [5.74, 6) is 0.990. The molecule has 1 aliphatic carbocycles. The van der Waals surface area contributed by atoms with Crippen molar-refractivity contribution in [3.05, 3.63) is 29.3 Å². The number of carbonyl (C=O) groups excluding carboxylic acids is 1. The molecule has 1 fully saturated rings. The standard InChI is InChI=1S/C17H26N2O.C3H6O/c1-19-9-7-15(8-10-19)18-16-5-3-13-4-6-17(20-2)12-14(13)11-16;1-2-3-4/h4,6,12,15-16,18H,3,5,7-11H2,1-2H3;3H,2H2,1H3/t16-;/m1./s1. The minimum Gasteiger partial charge on any atom is -0.497 e. The Morgan fingerprint density at radius 1 is 1.21 bits per heavy atom. The van der Waals surface area contributed by atoms with Gasteiger partial charge in [-0.25, -0.2) is 0 Å². The first kappa shape index (κ1) is 18.9. The normalized spacial score (nSPS) is 21.4. The van der Waals surface area contributed by atoms with Crippen LogP contribution in [0, 0.1) is 0 Å². The summed E-state index contributed by atoms with van der Waals surface area (Å²) in [5, 5.41) is 3.89. The minimum atomic E-state index is 0.639. The van der Waals surface area contributed by atoms with Gasteiger partial charge in [-0.05, 0) is 75.5 Å². The summed E-state index contributed by atoms with van der Waals surface area (Å²) in [6.07, 6.45) is 7.71. The van der Waals surface area contributed by atoms with Crippen molar-refractivity contribution < 1.29 is 9.53 Å². The number of ether oxygens (including phenoxy) is 1. The molecule has 0 aromatic heterocycles. The highest BCUT2D eigenvalue weighted by molar-refractivity contribution is 5.48. The Labute approximate surface area is 146 Å². The summed E-state index contributed by atoms with van der Waals surface area (Å²) >= 11 is 0. The van der Waals surface area contributed by atoms with Gasteiger partial charge in [-0.3, -0.25) is 0 Å². The predicted molar refractivity (Wildman–Crippen MR) is 98.8 cm³/mol. The molecular weight excluding hydrogens is 300 g/mol. The summed E-state index contributed by atoms with van der Waals surface area (Å²) in [4.78, 5) is 11.6. The van der Waals surface area contributed by atoms with E-state index in [1.54, 1.807) is 7.11 Å². The number of fused-ring (bicyclic) bond motifs is 1. The van der Waals surface area contributed by atoms with E-state index in [0.29, 0.717) is 18.5 Å². The fraction of sp³-hybridized carbons (Fsp3) is 0.650. The molecule has 0 saturated carbocycles. The van der Waals surface area contributed by atoms with E-state index >= 15 is 0 Å². The lowest BCUT2D eigenvalue weighted by Crippen LogP contribution is -2.46. The number of carbonyl (C=O) groups is 1. The van der Waals surface area contributed by atoms with Crippen LogP contribution in [0.3, 0.4) is 0 Å².